The van der Waals surface area contributed by atoms with Crippen LogP contribution in [0.3, 0.4) is 0 Å². The van der Waals surface area contributed by atoms with Gasteiger partial charge in [-0.2, -0.15) is 0 Å². The summed E-state index contributed by atoms with van der Waals surface area (Å²) in [5.74, 6) is -0.827. The summed E-state index contributed by atoms with van der Waals surface area (Å²) in [6.45, 7) is 5.74. The number of halogens is 2. The number of amides is 2. The van der Waals surface area contributed by atoms with E-state index in [1.54, 1.807) is 60.7 Å². The maximum atomic E-state index is 14.0. The topological polar surface area (TPSA) is 86.8 Å². The van der Waals surface area contributed by atoms with Crippen molar-refractivity contribution in [2.45, 2.75) is 57.5 Å². The first-order valence-electron chi connectivity index (χ1n) is 13.2. The molecule has 0 fully saturated rings. The zero-order chi connectivity index (χ0) is 29.3. The van der Waals surface area contributed by atoms with Gasteiger partial charge in [0.15, 0.2) is 0 Å². The van der Waals surface area contributed by atoms with Crippen LogP contribution in [-0.2, 0) is 26.2 Å². The van der Waals surface area contributed by atoms with E-state index in [2.05, 4.69) is 5.32 Å². The molecule has 40 heavy (non-hydrogen) atoms. The molecule has 0 heterocycles. The Morgan fingerprint density at radius 2 is 1.57 bits per heavy atom. The molecule has 1 atom stereocenters. The largest absolute Gasteiger partial charge is 0.354 e. The Morgan fingerprint density at radius 3 is 2.17 bits per heavy atom. The highest BCUT2D eigenvalue weighted by atomic mass is 35.5. The molecule has 0 aromatic heterocycles. The van der Waals surface area contributed by atoms with E-state index in [1.807, 2.05) is 20.8 Å². The van der Waals surface area contributed by atoms with Crippen LogP contribution in [-0.4, -0.2) is 44.3 Å². The number of aryl methyl sites for hydroxylation is 1. The fraction of sp³-hybridized carbons (Fsp3) is 0.333. The quantitative estimate of drug-likeness (QED) is 0.235. The SMILES string of the molecule is CCCCNC(=O)[C@H](CC)N(Cc1ccc(Cl)cc1)C(=O)CN(c1ccccc1Cl)S(=O)(=O)c1ccc(C)cc1. The highest BCUT2D eigenvalue weighted by molar-refractivity contribution is 7.92. The number of benzene rings is 3. The predicted molar refractivity (Wildman–Crippen MR) is 161 cm³/mol. The summed E-state index contributed by atoms with van der Waals surface area (Å²) in [6.07, 6.45) is 2.06. The first-order valence-corrected chi connectivity index (χ1v) is 15.4. The fourth-order valence-electron chi connectivity index (χ4n) is 4.22. The second-order valence-electron chi connectivity index (χ2n) is 9.49. The minimum absolute atomic E-state index is 0.0272. The minimum atomic E-state index is -4.19. The van der Waals surface area contributed by atoms with Crippen molar-refractivity contribution in [2.75, 3.05) is 17.4 Å². The van der Waals surface area contributed by atoms with Crippen LogP contribution in [0, 0.1) is 6.92 Å². The zero-order valence-electron chi connectivity index (χ0n) is 22.9. The lowest BCUT2D eigenvalue weighted by atomic mass is 10.1. The number of sulfonamides is 1. The smallest absolute Gasteiger partial charge is 0.264 e. The van der Waals surface area contributed by atoms with Crippen LogP contribution in [0.25, 0.3) is 0 Å². The summed E-state index contributed by atoms with van der Waals surface area (Å²) in [7, 11) is -4.19. The van der Waals surface area contributed by atoms with Gasteiger partial charge in [0, 0.05) is 18.1 Å². The molecule has 0 saturated carbocycles. The molecule has 0 bridgehead atoms. The van der Waals surface area contributed by atoms with E-state index >= 15 is 0 Å². The van der Waals surface area contributed by atoms with Crippen molar-refractivity contribution in [2.24, 2.45) is 0 Å². The summed E-state index contributed by atoms with van der Waals surface area (Å²) >= 11 is 12.5. The first-order chi connectivity index (χ1) is 19.1. The molecule has 0 aliphatic heterocycles. The zero-order valence-corrected chi connectivity index (χ0v) is 25.3. The number of hydrogen-bond acceptors (Lipinski definition) is 4. The van der Waals surface area contributed by atoms with Gasteiger partial charge in [0.2, 0.25) is 11.8 Å². The number of carbonyl (C=O) groups excluding carboxylic acids is 2. The molecule has 1 N–H and O–H groups in total. The van der Waals surface area contributed by atoms with Crippen molar-refractivity contribution >= 4 is 50.7 Å². The first kappa shape index (κ1) is 31.5. The number of anilines is 1. The number of nitrogens with one attached hydrogen (secondary N) is 1. The molecule has 10 heteroatoms. The number of nitrogens with zero attached hydrogens (tertiary/aromatic N) is 2. The molecule has 0 saturated heterocycles. The molecular formula is C30H35Cl2N3O4S. The van der Waals surface area contributed by atoms with Gasteiger partial charge in [-0.05, 0) is 61.7 Å². The van der Waals surface area contributed by atoms with Gasteiger partial charge in [0.05, 0.1) is 15.6 Å². The second-order valence-corrected chi connectivity index (χ2v) is 12.2. The molecule has 2 amide bonds. The summed E-state index contributed by atoms with van der Waals surface area (Å²) in [4.78, 5) is 28.7. The number of rotatable bonds is 13. The third kappa shape index (κ3) is 7.99. The van der Waals surface area contributed by atoms with Crippen molar-refractivity contribution < 1.29 is 18.0 Å². The third-order valence-electron chi connectivity index (χ3n) is 6.49. The van der Waals surface area contributed by atoms with Crippen LogP contribution in [0.2, 0.25) is 10.0 Å². The lowest BCUT2D eigenvalue weighted by molar-refractivity contribution is -0.140. The van der Waals surface area contributed by atoms with Gasteiger partial charge in [0.1, 0.15) is 12.6 Å². The normalized spacial score (nSPS) is 12.0. The van der Waals surface area contributed by atoms with Gasteiger partial charge in [-0.3, -0.25) is 13.9 Å². The average Bonchev–Trinajstić information content (AvgIpc) is 2.93. The second kappa shape index (κ2) is 14.5. The maximum absolute atomic E-state index is 14.0. The summed E-state index contributed by atoms with van der Waals surface area (Å²) in [5, 5.41) is 3.64. The van der Waals surface area contributed by atoms with Crippen molar-refractivity contribution in [1.29, 1.82) is 0 Å². The summed E-state index contributed by atoms with van der Waals surface area (Å²) in [5.41, 5.74) is 1.82. The highest BCUT2D eigenvalue weighted by Crippen LogP contribution is 2.31. The molecule has 3 aromatic rings. The average molecular weight is 605 g/mol. The van der Waals surface area contributed by atoms with Crippen LogP contribution in [0.15, 0.2) is 77.7 Å². The van der Waals surface area contributed by atoms with E-state index in [-0.39, 0.29) is 28.1 Å². The Bertz CT molecular complexity index is 1400. The van der Waals surface area contributed by atoms with E-state index < -0.39 is 28.5 Å². The van der Waals surface area contributed by atoms with Gasteiger partial charge in [0.25, 0.3) is 10.0 Å². The standard InChI is InChI=1S/C30H35Cl2N3O4S/c1-4-6-19-33-30(37)27(5-2)34(20-23-13-15-24(31)16-14-23)29(36)21-35(28-10-8-7-9-26(28)32)40(38,39)25-17-11-22(3)12-18-25/h7-18,27H,4-6,19-21H2,1-3H3,(H,33,37)/t27-/m0/s1. The molecule has 3 aromatic carbocycles. The van der Waals surface area contributed by atoms with Crippen LogP contribution in [0.4, 0.5) is 5.69 Å². The van der Waals surface area contributed by atoms with Gasteiger partial charge < -0.3 is 10.2 Å². The van der Waals surface area contributed by atoms with Gasteiger partial charge in [-0.1, -0.05) is 85.4 Å². The van der Waals surface area contributed by atoms with E-state index in [0.29, 0.717) is 18.0 Å². The van der Waals surface area contributed by atoms with Crippen LogP contribution in [0.5, 0.6) is 0 Å². The Kier molecular flexibility index (Phi) is 11.4. The molecule has 214 valence electrons. The van der Waals surface area contributed by atoms with E-state index in [9.17, 15) is 18.0 Å². The van der Waals surface area contributed by atoms with E-state index in [1.165, 1.54) is 17.0 Å². The lowest BCUT2D eigenvalue weighted by Crippen LogP contribution is -2.52. The Hall–Kier alpha value is -3.07. The minimum Gasteiger partial charge on any atom is -0.354 e. The number of hydrogen-bond donors (Lipinski definition) is 1. The molecule has 0 unspecified atom stereocenters. The van der Waals surface area contributed by atoms with Crippen LogP contribution >= 0.6 is 23.2 Å². The van der Waals surface area contributed by atoms with Crippen LogP contribution in [0.1, 0.15) is 44.2 Å². The Labute approximate surface area is 247 Å². The molecule has 0 spiro atoms. The van der Waals surface area contributed by atoms with Gasteiger partial charge in [-0.25, -0.2) is 8.42 Å². The van der Waals surface area contributed by atoms with Crippen LogP contribution < -0.4 is 9.62 Å². The highest BCUT2D eigenvalue weighted by Gasteiger charge is 2.34. The van der Waals surface area contributed by atoms with Crippen molar-refractivity contribution in [3.8, 4) is 0 Å². The predicted octanol–water partition coefficient (Wildman–Crippen LogP) is 6.22. The van der Waals surface area contributed by atoms with Crippen molar-refractivity contribution in [3.63, 3.8) is 0 Å². The third-order valence-corrected chi connectivity index (χ3v) is 8.84. The van der Waals surface area contributed by atoms with E-state index in [0.717, 1.165) is 28.3 Å². The van der Waals surface area contributed by atoms with Crippen molar-refractivity contribution in [3.05, 3.63) is 94.0 Å². The van der Waals surface area contributed by atoms with E-state index in [4.69, 9.17) is 23.2 Å². The number of unbranched alkanes of at least 4 members (excludes halogenated alkanes) is 1. The van der Waals surface area contributed by atoms with Gasteiger partial charge in [-0.15, -0.1) is 0 Å². The Morgan fingerprint density at radius 1 is 0.925 bits per heavy atom. The lowest BCUT2D eigenvalue weighted by Gasteiger charge is -2.33. The van der Waals surface area contributed by atoms with Crippen molar-refractivity contribution in [1.82, 2.24) is 10.2 Å². The molecule has 7 nitrogen and oxygen atoms in total. The number of para-hydroxylation sites is 1. The molecule has 3 rings (SSSR count). The molecule has 0 radical (unpaired) electrons. The molecule has 0 aliphatic rings. The monoisotopic (exact) mass is 603 g/mol. The summed E-state index contributed by atoms with van der Waals surface area (Å²) in [6, 6.07) is 19.0. The Balaban J connectivity index is 2.04. The van der Waals surface area contributed by atoms with Gasteiger partial charge >= 0.3 is 0 Å². The summed E-state index contributed by atoms with van der Waals surface area (Å²) < 4.78 is 28.8. The fourth-order valence-corrected chi connectivity index (χ4v) is 6.06. The molecular weight excluding hydrogens is 569 g/mol. The number of carbonyl (C=O) groups is 2. The molecule has 0 aliphatic carbocycles. The maximum Gasteiger partial charge on any atom is 0.264 e.